The third-order valence-electron chi connectivity index (χ3n) is 4.33. The zero-order valence-corrected chi connectivity index (χ0v) is 14.7. The van der Waals surface area contributed by atoms with E-state index in [0.717, 1.165) is 37.9 Å². The van der Waals surface area contributed by atoms with Crippen LogP contribution < -0.4 is 0 Å². The number of amides is 1. The summed E-state index contributed by atoms with van der Waals surface area (Å²) >= 11 is 0. The Hall–Kier alpha value is -1.59. The molecule has 2 unspecified atom stereocenters. The fourth-order valence-corrected chi connectivity index (χ4v) is 2.85. The second-order valence-electron chi connectivity index (χ2n) is 6.35. The maximum Gasteiger partial charge on any atom is 0.251 e. The zero-order chi connectivity index (χ0) is 17.4. The van der Waals surface area contributed by atoms with E-state index >= 15 is 0 Å². The van der Waals surface area contributed by atoms with E-state index in [1.165, 1.54) is 0 Å². The van der Waals surface area contributed by atoms with Crippen LogP contribution in [-0.2, 0) is 20.8 Å². The van der Waals surface area contributed by atoms with Crippen LogP contribution in [0, 0.1) is 0 Å². The number of phenolic OH excluding ortho intramolecular Hbond substituents is 1. The molecule has 0 radical (unpaired) electrons. The van der Waals surface area contributed by atoms with Crippen molar-refractivity contribution in [2.24, 2.45) is 0 Å². The lowest BCUT2D eigenvalue weighted by Gasteiger charge is -2.28. The van der Waals surface area contributed by atoms with Gasteiger partial charge in [-0.25, -0.2) is 0 Å². The first kappa shape index (κ1) is 18.7. The van der Waals surface area contributed by atoms with E-state index in [2.05, 4.69) is 6.92 Å². The van der Waals surface area contributed by atoms with Crippen LogP contribution in [0.1, 0.15) is 45.1 Å². The minimum Gasteiger partial charge on any atom is -0.508 e. The highest BCUT2D eigenvalue weighted by atomic mass is 16.5. The number of carbonyl (C=O) groups excluding carboxylic acids is 1. The number of phenols is 1. The number of ether oxygens (including phenoxy) is 2. The van der Waals surface area contributed by atoms with E-state index in [1.54, 1.807) is 24.0 Å². The van der Waals surface area contributed by atoms with Crippen molar-refractivity contribution in [2.45, 2.75) is 58.3 Å². The number of hydrogen-bond acceptors (Lipinski definition) is 4. The summed E-state index contributed by atoms with van der Waals surface area (Å²) in [4.78, 5) is 14.6. The lowest BCUT2D eigenvalue weighted by atomic mass is 10.1. The molecule has 5 heteroatoms. The Morgan fingerprint density at radius 2 is 2.25 bits per heavy atom. The van der Waals surface area contributed by atoms with Crippen LogP contribution in [0.25, 0.3) is 0 Å². The fourth-order valence-electron chi connectivity index (χ4n) is 2.85. The molecule has 1 N–H and O–H groups in total. The van der Waals surface area contributed by atoms with Crippen LogP contribution >= 0.6 is 0 Å². The summed E-state index contributed by atoms with van der Waals surface area (Å²) in [5.74, 6) is 0.159. The molecule has 1 aromatic carbocycles. The molecule has 2 rings (SSSR count). The first-order chi connectivity index (χ1) is 11.6. The van der Waals surface area contributed by atoms with Gasteiger partial charge in [-0.3, -0.25) is 4.79 Å². The molecule has 2 atom stereocenters. The zero-order valence-electron chi connectivity index (χ0n) is 14.7. The number of nitrogens with zero attached hydrogens (tertiary/aromatic N) is 1. The molecule has 1 fully saturated rings. The van der Waals surface area contributed by atoms with Crippen LogP contribution in [0.3, 0.4) is 0 Å². The van der Waals surface area contributed by atoms with Gasteiger partial charge in [-0.1, -0.05) is 31.5 Å². The van der Waals surface area contributed by atoms with Crippen molar-refractivity contribution >= 4 is 5.91 Å². The average molecular weight is 335 g/mol. The van der Waals surface area contributed by atoms with E-state index in [-0.39, 0.29) is 17.8 Å². The number of para-hydroxylation sites is 1. The summed E-state index contributed by atoms with van der Waals surface area (Å²) in [6.45, 7) is 6.14. The van der Waals surface area contributed by atoms with Crippen molar-refractivity contribution < 1.29 is 19.4 Å². The number of benzene rings is 1. The standard InChI is InChI=1S/C19H29NO4/c1-3-4-11-23-15(2)19(22)20(14-17-9-7-12-24-17)13-16-8-5-6-10-18(16)21/h5-6,8,10,15,17,21H,3-4,7,9,11-14H2,1-2H3. The third kappa shape index (κ3) is 5.49. The minimum absolute atomic E-state index is 0.0511. The largest absolute Gasteiger partial charge is 0.508 e. The van der Waals surface area contributed by atoms with E-state index in [4.69, 9.17) is 9.47 Å². The molecule has 0 aromatic heterocycles. The summed E-state index contributed by atoms with van der Waals surface area (Å²) < 4.78 is 11.3. The van der Waals surface area contributed by atoms with Gasteiger partial charge in [0.2, 0.25) is 0 Å². The van der Waals surface area contributed by atoms with Crippen molar-refractivity contribution in [1.82, 2.24) is 4.90 Å². The Bertz CT molecular complexity index is 514. The van der Waals surface area contributed by atoms with Gasteiger partial charge in [-0.05, 0) is 32.3 Å². The summed E-state index contributed by atoms with van der Waals surface area (Å²) in [7, 11) is 0. The second-order valence-corrected chi connectivity index (χ2v) is 6.35. The van der Waals surface area contributed by atoms with E-state index in [1.807, 2.05) is 12.1 Å². The highest BCUT2D eigenvalue weighted by molar-refractivity contribution is 5.80. The summed E-state index contributed by atoms with van der Waals surface area (Å²) in [6.07, 6.45) is 3.58. The van der Waals surface area contributed by atoms with Gasteiger partial charge in [0.25, 0.3) is 5.91 Å². The molecule has 1 heterocycles. The molecule has 134 valence electrons. The normalized spacial score (nSPS) is 18.5. The maximum absolute atomic E-state index is 12.8. The molecule has 0 spiro atoms. The van der Waals surface area contributed by atoms with Gasteiger partial charge in [-0.2, -0.15) is 0 Å². The van der Waals surface area contributed by atoms with Crippen molar-refractivity contribution in [3.05, 3.63) is 29.8 Å². The van der Waals surface area contributed by atoms with Crippen LogP contribution in [0.15, 0.2) is 24.3 Å². The number of unbranched alkanes of at least 4 members (excludes halogenated alkanes) is 1. The van der Waals surface area contributed by atoms with Gasteiger partial charge in [0.05, 0.1) is 6.10 Å². The van der Waals surface area contributed by atoms with Crippen LogP contribution in [0.2, 0.25) is 0 Å². The maximum atomic E-state index is 12.8. The third-order valence-corrected chi connectivity index (χ3v) is 4.33. The predicted octanol–water partition coefficient (Wildman–Crippen LogP) is 3.11. The average Bonchev–Trinajstić information content (AvgIpc) is 3.08. The highest BCUT2D eigenvalue weighted by Gasteiger charge is 2.26. The number of carbonyl (C=O) groups is 1. The Morgan fingerprint density at radius 1 is 1.46 bits per heavy atom. The van der Waals surface area contributed by atoms with Gasteiger partial charge < -0.3 is 19.5 Å². The summed E-state index contributed by atoms with van der Waals surface area (Å²) in [5.41, 5.74) is 0.740. The van der Waals surface area contributed by atoms with Gasteiger partial charge in [0.15, 0.2) is 0 Å². The van der Waals surface area contributed by atoms with E-state index in [0.29, 0.717) is 19.7 Å². The quantitative estimate of drug-likeness (QED) is 0.705. The van der Waals surface area contributed by atoms with Crippen molar-refractivity contribution in [1.29, 1.82) is 0 Å². The lowest BCUT2D eigenvalue weighted by Crippen LogP contribution is -2.42. The van der Waals surface area contributed by atoms with Gasteiger partial charge in [0, 0.05) is 31.9 Å². The molecule has 1 aliphatic rings. The van der Waals surface area contributed by atoms with Gasteiger partial charge in [-0.15, -0.1) is 0 Å². The first-order valence-electron chi connectivity index (χ1n) is 8.90. The topological polar surface area (TPSA) is 59.0 Å². The van der Waals surface area contributed by atoms with Crippen LogP contribution in [-0.4, -0.2) is 47.9 Å². The summed E-state index contributed by atoms with van der Waals surface area (Å²) in [5, 5.41) is 10.0. The molecule has 0 aliphatic carbocycles. The Kier molecular flexibility index (Phi) is 7.53. The first-order valence-corrected chi connectivity index (χ1v) is 8.90. The molecular weight excluding hydrogens is 306 g/mol. The molecular formula is C19H29NO4. The van der Waals surface area contributed by atoms with Crippen LogP contribution in [0.5, 0.6) is 5.75 Å². The van der Waals surface area contributed by atoms with Crippen molar-refractivity contribution in [3.8, 4) is 5.75 Å². The molecule has 1 saturated heterocycles. The summed E-state index contributed by atoms with van der Waals surface area (Å²) in [6, 6.07) is 7.13. The SMILES string of the molecule is CCCCOC(C)C(=O)N(Cc1ccccc1O)CC1CCCO1. The highest BCUT2D eigenvalue weighted by Crippen LogP contribution is 2.21. The van der Waals surface area contributed by atoms with E-state index < -0.39 is 6.10 Å². The molecule has 1 aromatic rings. The predicted molar refractivity (Wildman–Crippen MR) is 92.8 cm³/mol. The van der Waals surface area contributed by atoms with Crippen molar-refractivity contribution in [3.63, 3.8) is 0 Å². The Morgan fingerprint density at radius 3 is 2.92 bits per heavy atom. The van der Waals surface area contributed by atoms with Crippen LogP contribution in [0.4, 0.5) is 0 Å². The number of hydrogen-bond donors (Lipinski definition) is 1. The molecule has 24 heavy (non-hydrogen) atoms. The Labute approximate surface area is 144 Å². The molecule has 1 amide bonds. The number of aromatic hydroxyl groups is 1. The minimum atomic E-state index is -0.483. The number of rotatable bonds is 9. The monoisotopic (exact) mass is 335 g/mol. The van der Waals surface area contributed by atoms with Crippen molar-refractivity contribution in [2.75, 3.05) is 19.8 Å². The fraction of sp³-hybridized carbons (Fsp3) is 0.632. The smallest absolute Gasteiger partial charge is 0.251 e. The lowest BCUT2D eigenvalue weighted by molar-refractivity contribution is -0.145. The Balaban J connectivity index is 2.03. The molecule has 1 aliphatic heterocycles. The molecule has 0 bridgehead atoms. The van der Waals surface area contributed by atoms with Gasteiger partial charge in [0.1, 0.15) is 11.9 Å². The second kappa shape index (κ2) is 9.64. The van der Waals surface area contributed by atoms with E-state index in [9.17, 15) is 9.90 Å². The molecule has 5 nitrogen and oxygen atoms in total. The van der Waals surface area contributed by atoms with Gasteiger partial charge >= 0.3 is 0 Å². The molecule has 0 saturated carbocycles.